The number of amides is 1. The van der Waals surface area contributed by atoms with Crippen LogP contribution in [0.2, 0.25) is 0 Å². The third-order valence-electron chi connectivity index (χ3n) is 3.10. The van der Waals surface area contributed by atoms with Crippen LogP contribution in [0.15, 0.2) is 41.8 Å². The number of hydrogen-bond donors (Lipinski definition) is 1. The van der Waals surface area contributed by atoms with Crippen LogP contribution in [-0.4, -0.2) is 33.5 Å². The first kappa shape index (κ1) is 17.1. The maximum Gasteiger partial charge on any atom is 0.277 e. The Hall–Kier alpha value is -3.29. The van der Waals surface area contributed by atoms with E-state index in [9.17, 15) is 10.0 Å². The summed E-state index contributed by atoms with van der Waals surface area (Å²) in [6.07, 6.45) is 3.87. The first-order valence-electron chi connectivity index (χ1n) is 6.91. The molecule has 126 valence electrons. The van der Waals surface area contributed by atoms with Crippen LogP contribution in [0.5, 0.6) is 17.2 Å². The van der Waals surface area contributed by atoms with E-state index in [2.05, 4.69) is 10.5 Å². The highest BCUT2D eigenvalue weighted by molar-refractivity contribution is 5.94. The van der Waals surface area contributed by atoms with Gasteiger partial charge in [0.1, 0.15) is 5.56 Å². The molecule has 1 aromatic heterocycles. The lowest BCUT2D eigenvalue weighted by atomic mass is 10.2. The van der Waals surface area contributed by atoms with Gasteiger partial charge < -0.3 is 19.4 Å². The van der Waals surface area contributed by atoms with Gasteiger partial charge in [0.15, 0.2) is 23.9 Å². The molecular formula is C16H17N3O5. The summed E-state index contributed by atoms with van der Waals surface area (Å²) in [5.41, 5.74) is 3.18. The molecule has 0 saturated carbocycles. The molecule has 0 aliphatic rings. The lowest BCUT2D eigenvalue weighted by molar-refractivity contribution is -0.605. The van der Waals surface area contributed by atoms with Crippen molar-refractivity contribution in [3.05, 3.63) is 53.0 Å². The van der Waals surface area contributed by atoms with Crippen LogP contribution in [0.4, 0.5) is 0 Å². The Morgan fingerprint density at radius 3 is 2.42 bits per heavy atom. The monoisotopic (exact) mass is 331 g/mol. The van der Waals surface area contributed by atoms with Gasteiger partial charge in [-0.3, -0.25) is 4.79 Å². The zero-order chi connectivity index (χ0) is 17.5. The van der Waals surface area contributed by atoms with Crippen molar-refractivity contribution in [2.75, 3.05) is 21.3 Å². The molecule has 0 bridgehead atoms. The summed E-state index contributed by atoms with van der Waals surface area (Å²) in [6.45, 7) is 0. The quantitative estimate of drug-likeness (QED) is 0.370. The number of rotatable bonds is 6. The predicted molar refractivity (Wildman–Crippen MR) is 86.6 cm³/mol. The van der Waals surface area contributed by atoms with Crippen LogP contribution < -0.4 is 24.4 Å². The number of hydrazone groups is 1. The second-order valence-electron chi connectivity index (χ2n) is 4.61. The minimum absolute atomic E-state index is 0.203. The lowest BCUT2D eigenvalue weighted by Gasteiger charge is -2.12. The van der Waals surface area contributed by atoms with Gasteiger partial charge in [-0.25, -0.2) is 5.43 Å². The third-order valence-corrected chi connectivity index (χ3v) is 3.10. The standard InChI is InChI=1S/C16H17N3O5/c1-22-13-7-11(8-14(23-2)15(13)24-3)9-17-18-16(20)12-5-4-6-19(21)10-12/h4-10H,1-3H3,(H,18,20)/b17-9-. The van der Waals surface area contributed by atoms with E-state index in [1.54, 1.807) is 12.1 Å². The molecule has 1 aromatic carbocycles. The molecule has 0 spiro atoms. The third kappa shape index (κ3) is 3.92. The second-order valence-corrected chi connectivity index (χ2v) is 4.61. The fraction of sp³-hybridized carbons (Fsp3) is 0.188. The van der Waals surface area contributed by atoms with Crippen molar-refractivity contribution in [1.29, 1.82) is 0 Å². The Kier molecular flexibility index (Phi) is 5.56. The van der Waals surface area contributed by atoms with Gasteiger partial charge in [0.25, 0.3) is 5.91 Å². The molecule has 1 N–H and O–H groups in total. The smallest absolute Gasteiger partial charge is 0.277 e. The van der Waals surface area contributed by atoms with E-state index >= 15 is 0 Å². The van der Waals surface area contributed by atoms with Gasteiger partial charge >= 0.3 is 0 Å². The maximum absolute atomic E-state index is 11.9. The predicted octanol–water partition coefficient (Wildman–Crippen LogP) is 1.11. The number of ether oxygens (including phenoxy) is 3. The molecule has 2 rings (SSSR count). The molecule has 24 heavy (non-hydrogen) atoms. The number of nitrogens with one attached hydrogen (secondary N) is 1. The Morgan fingerprint density at radius 1 is 1.21 bits per heavy atom. The average Bonchev–Trinajstić information content (AvgIpc) is 2.60. The number of carbonyl (C=O) groups excluding carboxylic acids is 1. The first-order chi connectivity index (χ1) is 11.6. The molecule has 0 unspecified atom stereocenters. The minimum atomic E-state index is -0.496. The normalized spacial score (nSPS) is 10.5. The molecule has 0 saturated heterocycles. The Morgan fingerprint density at radius 2 is 1.88 bits per heavy atom. The number of carbonyl (C=O) groups is 1. The largest absolute Gasteiger partial charge is 0.619 e. The van der Waals surface area contributed by atoms with Gasteiger partial charge in [0.05, 0.1) is 27.5 Å². The number of hydrogen-bond acceptors (Lipinski definition) is 6. The van der Waals surface area contributed by atoms with Crippen molar-refractivity contribution in [2.45, 2.75) is 0 Å². The molecule has 0 radical (unpaired) electrons. The Labute approximate surface area is 138 Å². The van der Waals surface area contributed by atoms with E-state index in [1.165, 1.54) is 45.9 Å². The van der Waals surface area contributed by atoms with E-state index in [0.29, 0.717) is 27.5 Å². The number of aromatic nitrogens is 1. The second kappa shape index (κ2) is 7.82. The van der Waals surface area contributed by atoms with Crippen molar-refractivity contribution in [3.63, 3.8) is 0 Å². The minimum Gasteiger partial charge on any atom is -0.619 e. The van der Waals surface area contributed by atoms with Gasteiger partial charge in [-0.15, -0.1) is 0 Å². The molecule has 2 aromatic rings. The zero-order valence-electron chi connectivity index (χ0n) is 13.5. The van der Waals surface area contributed by atoms with Crippen molar-refractivity contribution < 1.29 is 23.7 Å². The van der Waals surface area contributed by atoms with Gasteiger partial charge in [-0.05, 0) is 18.2 Å². The SMILES string of the molecule is COc1cc(/C=N\NC(=O)c2ccc[n+]([O-])c2)cc(OC)c1OC. The lowest BCUT2D eigenvalue weighted by Crippen LogP contribution is -2.28. The number of nitrogens with zero attached hydrogens (tertiary/aromatic N) is 2. The molecule has 8 nitrogen and oxygen atoms in total. The summed E-state index contributed by atoms with van der Waals surface area (Å²) >= 11 is 0. The van der Waals surface area contributed by atoms with Gasteiger partial charge in [-0.2, -0.15) is 9.83 Å². The van der Waals surface area contributed by atoms with Crippen LogP contribution >= 0.6 is 0 Å². The van der Waals surface area contributed by atoms with Crippen molar-refractivity contribution in [3.8, 4) is 17.2 Å². The van der Waals surface area contributed by atoms with Crippen LogP contribution in [0.1, 0.15) is 15.9 Å². The highest BCUT2D eigenvalue weighted by Gasteiger charge is 2.12. The molecule has 1 amide bonds. The topological polar surface area (TPSA) is 96.1 Å². The van der Waals surface area contributed by atoms with Crippen molar-refractivity contribution >= 4 is 12.1 Å². The highest BCUT2D eigenvalue weighted by Crippen LogP contribution is 2.37. The number of pyridine rings is 1. The summed E-state index contributed by atoms with van der Waals surface area (Å²) in [5, 5.41) is 15.0. The Bertz CT molecular complexity index is 736. The van der Waals surface area contributed by atoms with Crippen LogP contribution in [0.25, 0.3) is 0 Å². The van der Waals surface area contributed by atoms with Gasteiger partial charge in [-0.1, -0.05) is 0 Å². The molecule has 0 atom stereocenters. The molecule has 1 heterocycles. The van der Waals surface area contributed by atoms with E-state index < -0.39 is 5.91 Å². The molecule has 0 aliphatic heterocycles. The van der Waals surface area contributed by atoms with Crippen LogP contribution in [0, 0.1) is 5.21 Å². The van der Waals surface area contributed by atoms with E-state index in [1.807, 2.05) is 0 Å². The van der Waals surface area contributed by atoms with Gasteiger partial charge in [0.2, 0.25) is 5.75 Å². The van der Waals surface area contributed by atoms with Crippen LogP contribution in [0.3, 0.4) is 0 Å². The maximum atomic E-state index is 11.9. The average molecular weight is 331 g/mol. The molecule has 0 fully saturated rings. The molecule has 8 heteroatoms. The summed E-state index contributed by atoms with van der Waals surface area (Å²) in [5.74, 6) is 0.912. The summed E-state index contributed by atoms with van der Waals surface area (Å²) in [7, 11) is 4.53. The summed E-state index contributed by atoms with van der Waals surface area (Å²) in [4.78, 5) is 11.9. The van der Waals surface area contributed by atoms with Gasteiger partial charge in [0, 0.05) is 11.6 Å². The fourth-order valence-corrected chi connectivity index (χ4v) is 1.99. The zero-order valence-corrected chi connectivity index (χ0v) is 13.5. The number of benzene rings is 1. The summed E-state index contributed by atoms with van der Waals surface area (Å²) in [6, 6.07) is 6.36. The highest BCUT2D eigenvalue weighted by atomic mass is 16.5. The Balaban J connectivity index is 2.15. The van der Waals surface area contributed by atoms with E-state index in [-0.39, 0.29) is 5.56 Å². The van der Waals surface area contributed by atoms with E-state index in [4.69, 9.17) is 14.2 Å². The fourth-order valence-electron chi connectivity index (χ4n) is 1.99. The van der Waals surface area contributed by atoms with Crippen molar-refractivity contribution in [1.82, 2.24) is 5.43 Å². The van der Waals surface area contributed by atoms with E-state index in [0.717, 1.165) is 6.20 Å². The first-order valence-corrected chi connectivity index (χ1v) is 6.91. The summed E-state index contributed by atoms with van der Waals surface area (Å²) < 4.78 is 16.2. The van der Waals surface area contributed by atoms with Crippen LogP contribution in [-0.2, 0) is 0 Å². The number of methoxy groups -OCH3 is 3. The van der Waals surface area contributed by atoms with Crippen molar-refractivity contribution in [2.24, 2.45) is 5.10 Å². The molecular weight excluding hydrogens is 314 g/mol. The molecule has 0 aliphatic carbocycles.